The Bertz CT molecular complexity index is 1620. The fourth-order valence-electron chi connectivity index (χ4n) is 4.17. The molecule has 0 saturated carbocycles. The number of carboxylic acids is 1. The van der Waals surface area contributed by atoms with Gasteiger partial charge in [0.25, 0.3) is 11.5 Å². The van der Waals surface area contributed by atoms with Crippen molar-refractivity contribution in [3.63, 3.8) is 0 Å². The standard InChI is InChI=1S/C25H19F3N2O5/c1-12-10-17(21(31)29-9-8-13-4-3-5-14(11-13)25(26,27)28)19-16(24(34)35)7-6-15-20(19)18(12)23(33)30(2)22(15)32/h3-7,10-11,32H,1,8-9H2,2H3,(H,29,31)(H,34,35). The maximum atomic E-state index is 13.1. The molecule has 7 nitrogen and oxygen atoms in total. The van der Waals surface area contributed by atoms with Crippen LogP contribution in [0.4, 0.5) is 13.2 Å². The predicted molar refractivity (Wildman–Crippen MR) is 124 cm³/mol. The third kappa shape index (κ3) is 4.07. The lowest BCUT2D eigenvalue weighted by Crippen LogP contribution is -2.29. The van der Waals surface area contributed by atoms with Crippen LogP contribution >= 0.6 is 0 Å². The maximum Gasteiger partial charge on any atom is 0.416 e. The van der Waals surface area contributed by atoms with E-state index in [1.165, 1.54) is 37.4 Å². The van der Waals surface area contributed by atoms with Crippen LogP contribution in [0, 0.1) is 0 Å². The van der Waals surface area contributed by atoms with E-state index in [2.05, 4.69) is 11.9 Å². The van der Waals surface area contributed by atoms with E-state index >= 15 is 0 Å². The molecule has 0 fully saturated rings. The summed E-state index contributed by atoms with van der Waals surface area (Å²) in [6.45, 7) is 3.80. The number of hydrogen-bond acceptors (Lipinski definition) is 4. The second-order valence-corrected chi connectivity index (χ2v) is 8.07. The summed E-state index contributed by atoms with van der Waals surface area (Å²) in [5.41, 5.74) is -1.39. The number of carbonyl (C=O) groups is 2. The number of carbonyl (C=O) groups excluding carboxylic acids is 1. The molecule has 0 saturated heterocycles. The van der Waals surface area contributed by atoms with E-state index in [0.29, 0.717) is 5.56 Å². The Morgan fingerprint density at radius 3 is 2.43 bits per heavy atom. The highest BCUT2D eigenvalue weighted by molar-refractivity contribution is 6.23. The third-order valence-corrected chi connectivity index (χ3v) is 5.87. The molecule has 0 spiro atoms. The molecular weight excluding hydrogens is 465 g/mol. The number of nitrogens with zero attached hydrogens (tertiary/aromatic N) is 1. The lowest BCUT2D eigenvalue weighted by atomic mass is 9.92. The lowest BCUT2D eigenvalue weighted by Gasteiger charge is -2.16. The highest BCUT2D eigenvalue weighted by Crippen LogP contribution is 2.33. The lowest BCUT2D eigenvalue weighted by molar-refractivity contribution is -0.137. The molecule has 0 aliphatic rings. The molecule has 0 bridgehead atoms. The van der Waals surface area contributed by atoms with Gasteiger partial charge < -0.3 is 15.5 Å². The number of aromatic hydroxyl groups is 1. The number of alkyl halides is 3. The molecule has 0 aliphatic heterocycles. The van der Waals surface area contributed by atoms with Crippen LogP contribution in [-0.4, -0.2) is 33.2 Å². The minimum atomic E-state index is -4.49. The minimum absolute atomic E-state index is 0.0308. The third-order valence-electron chi connectivity index (χ3n) is 5.87. The molecule has 0 aliphatic carbocycles. The molecule has 1 heterocycles. The average Bonchev–Trinajstić information content (AvgIpc) is 2.80. The molecule has 10 heteroatoms. The Hall–Kier alpha value is -4.34. The van der Waals surface area contributed by atoms with Crippen molar-refractivity contribution in [1.29, 1.82) is 0 Å². The topological polar surface area (TPSA) is 109 Å². The Morgan fingerprint density at radius 2 is 1.77 bits per heavy atom. The molecule has 3 aromatic carbocycles. The SMILES string of the molecule is C=c1cc(C(=O)NCCc2cccc(C(F)(F)F)c2)c2c(C(=O)O)ccc3c(O)n(C)c(=O)c1c32. The first-order valence-corrected chi connectivity index (χ1v) is 10.4. The number of amides is 1. The van der Waals surface area contributed by atoms with E-state index in [4.69, 9.17) is 0 Å². The molecule has 4 aromatic rings. The summed E-state index contributed by atoms with van der Waals surface area (Å²) < 4.78 is 39.8. The van der Waals surface area contributed by atoms with E-state index in [-0.39, 0.29) is 50.9 Å². The fourth-order valence-corrected chi connectivity index (χ4v) is 4.17. The second kappa shape index (κ2) is 8.46. The second-order valence-electron chi connectivity index (χ2n) is 8.07. The van der Waals surface area contributed by atoms with Gasteiger partial charge in [0.15, 0.2) is 0 Å². The van der Waals surface area contributed by atoms with Crippen molar-refractivity contribution < 1.29 is 33.0 Å². The van der Waals surface area contributed by atoms with Crippen LogP contribution in [0.3, 0.4) is 0 Å². The monoisotopic (exact) mass is 484 g/mol. The fraction of sp³-hybridized carbons (Fsp3) is 0.160. The molecule has 0 atom stereocenters. The normalized spacial score (nSPS) is 11.8. The van der Waals surface area contributed by atoms with Gasteiger partial charge in [-0.1, -0.05) is 24.8 Å². The number of aromatic carboxylic acids is 1. The Labute approximate surface area is 195 Å². The maximum absolute atomic E-state index is 13.1. The van der Waals surface area contributed by atoms with E-state index in [1.807, 2.05) is 0 Å². The molecule has 35 heavy (non-hydrogen) atoms. The van der Waals surface area contributed by atoms with Gasteiger partial charge in [-0.05, 0) is 41.5 Å². The summed E-state index contributed by atoms with van der Waals surface area (Å²) in [7, 11) is 1.35. The first-order chi connectivity index (χ1) is 16.4. The quantitative estimate of drug-likeness (QED) is 0.403. The number of rotatable bonds is 5. The zero-order valence-electron chi connectivity index (χ0n) is 18.4. The van der Waals surface area contributed by atoms with Crippen LogP contribution in [0.2, 0.25) is 0 Å². The van der Waals surface area contributed by atoms with Crippen molar-refractivity contribution in [3.8, 4) is 5.88 Å². The van der Waals surface area contributed by atoms with E-state index in [9.17, 15) is 37.8 Å². The smallest absolute Gasteiger partial charge is 0.416 e. The van der Waals surface area contributed by atoms with Gasteiger partial charge in [0.1, 0.15) is 0 Å². The number of benzene rings is 3. The summed E-state index contributed by atoms with van der Waals surface area (Å²) in [6, 6.07) is 8.59. The molecule has 0 unspecified atom stereocenters. The number of carboxylic acid groups (broad SMARTS) is 1. The molecular formula is C25H19F3N2O5. The number of nitrogens with one attached hydrogen (secondary N) is 1. The van der Waals surface area contributed by atoms with Crippen molar-refractivity contribution in [2.75, 3.05) is 6.54 Å². The van der Waals surface area contributed by atoms with Gasteiger partial charge in [-0.25, -0.2) is 4.79 Å². The van der Waals surface area contributed by atoms with Gasteiger partial charge in [0.2, 0.25) is 5.88 Å². The highest BCUT2D eigenvalue weighted by Gasteiger charge is 2.30. The minimum Gasteiger partial charge on any atom is -0.494 e. The summed E-state index contributed by atoms with van der Waals surface area (Å²) >= 11 is 0. The van der Waals surface area contributed by atoms with Crippen LogP contribution in [0.5, 0.6) is 5.88 Å². The number of aromatic nitrogens is 1. The van der Waals surface area contributed by atoms with Crippen molar-refractivity contribution in [2.24, 2.45) is 7.05 Å². The Morgan fingerprint density at radius 1 is 1.06 bits per heavy atom. The van der Waals surface area contributed by atoms with E-state index < -0.39 is 35.1 Å². The van der Waals surface area contributed by atoms with Crippen LogP contribution in [0.25, 0.3) is 28.1 Å². The number of hydrogen-bond donors (Lipinski definition) is 3. The molecule has 3 N–H and O–H groups in total. The van der Waals surface area contributed by atoms with Gasteiger partial charge >= 0.3 is 12.1 Å². The Kier molecular flexibility index (Phi) is 5.75. The van der Waals surface area contributed by atoms with Gasteiger partial charge in [-0.3, -0.25) is 14.2 Å². The van der Waals surface area contributed by atoms with Crippen molar-refractivity contribution in [1.82, 2.24) is 9.88 Å². The first kappa shape index (κ1) is 23.8. The summed E-state index contributed by atoms with van der Waals surface area (Å²) in [5, 5.41) is 23.3. The molecule has 4 rings (SSSR count). The van der Waals surface area contributed by atoms with Crippen molar-refractivity contribution >= 4 is 40.0 Å². The summed E-state index contributed by atoms with van der Waals surface area (Å²) in [4.78, 5) is 37.8. The summed E-state index contributed by atoms with van der Waals surface area (Å²) in [5.74, 6) is -2.44. The number of halogens is 3. The molecule has 180 valence electrons. The van der Waals surface area contributed by atoms with Gasteiger partial charge in [-0.2, -0.15) is 13.2 Å². The van der Waals surface area contributed by atoms with Crippen molar-refractivity contribution in [3.05, 3.63) is 80.3 Å². The average molecular weight is 484 g/mol. The molecule has 1 amide bonds. The van der Waals surface area contributed by atoms with Crippen LogP contribution in [-0.2, 0) is 19.6 Å². The zero-order valence-corrected chi connectivity index (χ0v) is 18.4. The Balaban J connectivity index is 1.77. The van der Waals surface area contributed by atoms with Crippen LogP contribution < -0.4 is 16.1 Å². The van der Waals surface area contributed by atoms with E-state index in [1.54, 1.807) is 0 Å². The van der Waals surface area contributed by atoms with Gasteiger partial charge in [0.05, 0.1) is 16.5 Å². The van der Waals surface area contributed by atoms with Crippen LogP contribution in [0.15, 0.2) is 47.3 Å². The highest BCUT2D eigenvalue weighted by atomic mass is 19.4. The van der Waals surface area contributed by atoms with Crippen LogP contribution in [0.1, 0.15) is 31.8 Å². The number of pyridine rings is 1. The van der Waals surface area contributed by atoms with Gasteiger partial charge in [0, 0.05) is 35.3 Å². The largest absolute Gasteiger partial charge is 0.494 e. The van der Waals surface area contributed by atoms with E-state index in [0.717, 1.165) is 16.7 Å². The molecule has 1 aromatic heterocycles. The zero-order chi connectivity index (χ0) is 25.7. The molecule has 0 radical (unpaired) electrons. The van der Waals surface area contributed by atoms with Gasteiger partial charge in [-0.15, -0.1) is 0 Å². The predicted octanol–water partition coefficient (Wildman–Crippen LogP) is 3.22. The summed E-state index contributed by atoms with van der Waals surface area (Å²) in [6.07, 6.45) is -4.40. The first-order valence-electron chi connectivity index (χ1n) is 10.4. The van der Waals surface area contributed by atoms with Crippen molar-refractivity contribution in [2.45, 2.75) is 12.6 Å².